The van der Waals surface area contributed by atoms with Crippen LogP contribution in [0, 0.1) is 0 Å². The van der Waals surface area contributed by atoms with Gasteiger partial charge >= 0.3 is 6.09 Å². The molecule has 0 aliphatic carbocycles. The first kappa shape index (κ1) is 10.3. The van der Waals surface area contributed by atoms with Crippen molar-refractivity contribution < 1.29 is 9.90 Å². The highest BCUT2D eigenvalue weighted by Crippen LogP contribution is 2.15. The number of carboxylic acid groups (broad SMARTS) is 1. The Kier molecular flexibility index (Phi) is 3.54. The molecule has 1 heterocycles. The monoisotopic (exact) mass is 186 g/mol. The molecule has 0 radical (unpaired) electrons. The van der Waals surface area contributed by atoms with Crippen molar-refractivity contribution in [2.24, 2.45) is 0 Å². The highest BCUT2D eigenvalue weighted by Gasteiger charge is 2.21. The van der Waals surface area contributed by atoms with E-state index < -0.39 is 6.09 Å². The maximum Gasteiger partial charge on any atom is 0.404 e. The van der Waals surface area contributed by atoms with Crippen LogP contribution in [0.2, 0.25) is 0 Å². The van der Waals surface area contributed by atoms with Crippen molar-refractivity contribution in [1.29, 1.82) is 0 Å². The van der Waals surface area contributed by atoms with Gasteiger partial charge in [-0.05, 0) is 33.2 Å². The Bertz CT molecular complexity index is 184. The van der Waals surface area contributed by atoms with Gasteiger partial charge in [-0.25, -0.2) is 4.79 Å². The van der Waals surface area contributed by atoms with Crippen LogP contribution < -0.4 is 5.32 Å². The van der Waals surface area contributed by atoms with Crippen LogP contribution in [-0.4, -0.2) is 41.3 Å². The van der Waals surface area contributed by atoms with E-state index in [9.17, 15) is 4.79 Å². The van der Waals surface area contributed by atoms with Crippen LogP contribution in [0.15, 0.2) is 0 Å². The van der Waals surface area contributed by atoms with E-state index in [4.69, 9.17) is 5.11 Å². The average Bonchev–Trinajstić information content (AvgIpc) is 2.34. The fraction of sp³-hybridized carbons (Fsp3) is 0.889. The second-order valence-electron chi connectivity index (χ2n) is 3.84. The fourth-order valence-electron chi connectivity index (χ4n) is 1.87. The summed E-state index contributed by atoms with van der Waals surface area (Å²) in [6.07, 6.45) is 1.54. The van der Waals surface area contributed by atoms with Gasteiger partial charge in [-0.1, -0.05) is 0 Å². The summed E-state index contributed by atoms with van der Waals surface area (Å²) in [7, 11) is 0. The molecule has 0 aromatic heterocycles. The summed E-state index contributed by atoms with van der Waals surface area (Å²) >= 11 is 0. The first-order chi connectivity index (χ1) is 6.09. The molecule has 13 heavy (non-hydrogen) atoms. The normalized spacial score (nSPS) is 25.8. The number of nitrogens with one attached hydrogen (secondary N) is 1. The molecular weight excluding hydrogens is 168 g/mol. The lowest BCUT2D eigenvalue weighted by molar-refractivity contribution is 0.182. The minimum Gasteiger partial charge on any atom is -0.465 e. The smallest absolute Gasteiger partial charge is 0.404 e. The number of hydrogen-bond donors (Lipinski definition) is 2. The Morgan fingerprint density at radius 3 is 2.92 bits per heavy atom. The number of amides is 1. The van der Waals surface area contributed by atoms with E-state index in [1.54, 1.807) is 0 Å². The van der Waals surface area contributed by atoms with Gasteiger partial charge in [-0.15, -0.1) is 0 Å². The van der Waals surface area contributed by atoms with Crippen LogP contribution in [0.3, 0.4) is 0 Å². The van der Waals surface area contributed by atoms with E-state index >= 15 is 0 Å². The predicted molar refractivity (Wildman–Crippen MR) is 50.9 cm³/mol. The molecule has 76 valence electrons. The van der Waals surface area contributed by atoms with E-state index in [0.717, 1.165) is 13.1 Å². The van der Waals surface area contributed by atoms with Crippen LogP contribution in [0.25, 0.3) is 0 Å². The standard InChI is InChI=1S/C9H18N2O2/c1-7(10-9(12)13)6-11-5-3-4-8(11)2/h7-8,10H,3-6H2,1-2H3,(H,12,13). The molecule has 1 aliphatic rings. The zero-order valence-corrected chi connectivity index (χ0v) is 8.29. The van der Waals surface area contributed by atoms with Gasteiger partial charge in [0.15, 0.2) is 0 Å². The van der Waals surface area contributed by atoms with Crippen molar-refractivity contribution in [2.75, 3.05) is 13.1 Å². The number of carbonyl (C=O) groups is 1. The highest BCUT2D eigenvalue weighted by molar-refractivity contribution is 5.64. The second kappa shape index (κ2) is 4.46. The van der Waals surface area contributed by atoms with Crippen molar-refractivity contribution >= 4 is 6.09 Å². The van der Waals surface area contributed by atoms with Gasteiger partial charge < -0.3 is 10.4 Å². The lowest BCUT2D eigenvalue weighted by Crippen LogP contribution is -2.42. The first-order valence-electron chi connectivity index (χ1n) is 4.83. The lowest BCUT2D eigenvalue weighted by Gasteiger charge is -2.24. The zero-order valence-electron chi connectivity index (χ0n) is 8.29. The van der Waals surface area contributed by atoms with Crippen molar-refractivity contribution in [3.8, 4) is 0 Å². The number of rotatable bonds is 3. The third kappa shape index (κ3) is 3.22. The minimum atomic E-state index is -0.931. The summed E-state index contributed by atoms with van der Waals surface area (Å²) in [5.74, 6) is 0. The maximum atomic E-state index is 10.3. The van der Waals surface area contributed by atoms with Crippen LogP contribution in [0.1, 0.15) is 26.7 Å². The van der Waals surface area contributed by atoms with Crippen LogP contribution in [0.5, 0.6) is 0 Å². The summed E-state index contributed by atoms with van der Waals surface area (Å²) in [5.41, 5.74) is 0. The van der Waals surface area contributed by atoms with Gasteiger partial charge in [0.05, 0.1) is 0 Å². The average molecular weight is 186 g/mol. The van der Waals surface area contributed by atoms with Gasteiger partial charge in [0.25, 0.3) is 0 Å². The SMILES string of the molecule is CC(CN1CCCC1C)NC(=O)O. The number of hydrogen-bond acceptors (Lipinski definition) is 2. The summed E-state index contributed by atoms with van der Waals surface area (Å²) in [5, 5.41) is 11.0. The molecule has 4 heteroatoms. The fourth-order valence-corrected chi connectivity index (χ4v) is 1.87. The molecule has 0 spiro atoms. The third-order valence-corrected chi connectivity index (χ3v) is 2.57. The molecule has 1 aliphatic heterocycles. The van der Waals surface area contributed by atoms with Gasteiger partial charge in [-0.2, -0.15) is 0 Å². The first-order valence-corrected chi connectivity index (χ1v) is 4.83. The van der Waals surface area contributed by atoms with Gasteiger partial charge in [0.2, 0.25) is 0 Å². The lowest BCUT2D eigenvalue weighted by atomic mass is 10.2. The van der Waals surface area contributed by atoms with E-state index in [1.807, 2.05) is 6.92 Å². The van der Waals surface area contributed by atoms with Crippen molar-refractivity contribution in [1.82, 2.24) is 10.2 Å². The molecular formula is C9H18N2O2. The van der Waals surface area contributed by atoms with Gasteiger partial charge in [0, 0.05) is 18.6 Å². The molecule has 0 bridgehead atoms. The molecule has 1 amide bonds. The molecule has 0 saturated carbocycles. The molecule has 2 unspecified atom stereocenters. The van der Waals surface area contributed by atoms with Crippen LogP contribution in [-0.2, 0) is 0 Å². The van der Waals surface area contributed by atoms with Crippen LogP contribution >= 0.6 is 0 Å². The molecule has 2 N–H and O–H groups in total. The topological polar surface area (TPSA) is 52.6 Å². The maximum absolute atomic E-state index is 10.3. The molecule has 2 atom stereocenters. The van der Waals surface area contributed by atoms with Gasteiger partial charge in [-0.3, -0.25) is 4.90 Å². The third-order valence-electron chi connectivity index (χ3n) is 2.57. The van der Waals surface area contributed by atoms with Crippen molar-refractivity contribution in [3.63, 3.8) is 0 Å². The highest BCUT2D eigenvalue weighted by atomic mass is 16.4. The van der Waals surface area contributed by atoms with Gasteiger partial charge in [0.1, 0.15) is 0 Å². The Hall–Kier alpha value is -0.770. The Balaban J connectivity index is 2.26. The molecule has 0 aromatic rings. The van der Waals surface area contributed by atoms with Crippen LogP contribution in [0.4, 0.5) is 4.79 Å². The summed E-state index contributed by atoms with van der Waals surface area (Å²) in [6.45, 7) is 6.03. The van der Waals surface area contributed by atoms with E-state index in [0.29, 0.717) is 6.04 Å². The molecule has 0 aromatic carbocycles. The molecule has 1 fully saturated rings. The zero-order chi connectivity index (χ0) is 9.84. The van der Waals surface area contributed by atoms with E-state index in [1.165, 1.54) is 12.8 Å². The molecule has 1 rings (SSSR count). The van der Waals surface area contributed by atoms with E-state index in [-0.39, 0.29) is 6.04 Å². The summed E-state index contributed by atoms with van der Waals surface area (Å²) in [4.78, 5) is 12.7. The second-order valence-corrected chi connectivity index (χ2v) is 3.84. The Morgan fingerprint density at radius 1 is 1.77 bits per heavy atom. The number of nitrogens with zero attached hydrogens (tertiary/aromatic N) is 1. The van der Waals surface area contributed by atoms with Crippen molar-refractivity contribution in [2.45, 2.75) is 38.8 Å². The predicted octanol–water partition coefficient (Wildman–Crippen LogP) is 1.13. The van der Waals surface area contributed by atoms with Crippen molar-refractivity contribution in [3.05, 3.63) is 0 Å². The quantitative estimate of drug-likeness (QED) is 0.694. The summed E-state index contributed by atoms with van der Waals surface area (Å²) in [6, 6.07) is 0.635. The Morgan fingerprint density at radius 2 is 2.46 bits per heavy atom. The van der Waals surface area contributed by atoms with E-state index in [2.05, 4.69) is 17.1 Å². The largest absolute Gasteiger partial charge is 0.465 e. The Labute approximate surface area is 78.9 Å². The molecule has 1 saturated heterocycles. The number of likely N-dealkylation sites (tertiary alicyclic amines) is 1. The summed E-state index contributed by atoms with van der Waals surface area (Å²) < 4.78 is 0. The molecule has 4 nitrogen and oxygen atoms in total. The minimum absolute atomic E-state index is 0.0260.